The van der Waals surface area contributed by atoms with Crippen LogP contribution in [-0.4, -0.2) is 46.6 Å². The third-order valence-electron chi connectivity index (χ3n) is 3.84. The van der Waals surface area contributed by atoms with Crippen molar-refractivity contribution in [3.8, 4) is 0 Å². The van der Waals surface area contributed by atoms with Crippen LogP contribution in [-0.2, 0) is 6.42 Å². The van der Waals surface area contributed by atoms with E-state index >= 15 is 0 Å². The zero-order chi connectivity index (χ0) is 12.8. The topological polar surface area (TPSA) is 44.0 Å². The molecule has 1 unspecified atom stereocenters. The summed E-state index contributed by atoms with van der Waals surface area (Å²) in [6.07, 6.45) is 8.61. The zero-order valence-corrected chi connectivity index (χ0v) is 11.7. The maximum absolute atomic E-state index is 4.25. The van der Waals surface area contributed by atoms with Crippen LogP contribution in [0.25, 0.3) is 0 Å². The number of imidazole rings is 1. The SMILES string of the molecule is CC(C)N1CCCC(NCCc2ncc[nH]2)CC1. The molecule has 2 N–H and O–H groups in total. The van der Waals surface area contributed by atoms with Crippen LogP contribution in [0.2, 0.25) is 0 Å². The van der Waals surface area contributed by atoms with E-state index in [0.717, 1.165) is 18.8 Å². The third-order valence-corrected chi connectivity index (χ3v) is 3.84. The Balaban J connectivity index is 1.67. The van der Waals surface area contributed by atoms with Gasteiger partial charge in [0.1, 0.15) is 5.82 Å². The van der Waals surface area contributed by atoms with Gasteiger partial charge in [-0.25, -0.2) is 4.98 Å². The van der Waals surface area contributed by atoms with Crippen molar-refractivity contribution in [3.63, 3.8) is 0 Å². The number of likely N-dealkylation sites (tertiary alicyclic amines) is 1. The molecular weight excluding hydrogens is 224 g/mol. The van der Waals surface area contributed by atoms with Crippen molar-refractivity contribution in [2.75, 3.05) is 19.6 Å². The van der Waals surface area contributed by atoms with Gasteiger partial charge in [0.05, 0.1) is 0 Å². The van der Waals surface area contributed by atoms with Gasteiger partial charge >= 0.3 is 0 Å². The molecule has 0 spiro atoms. The van der Waals surface area contributed by atoms with E-state index in [1.54, 1.807) is 0 Å². The van der Waals surface area contributed by atoms with Crippen molar-refractivity contribution in [1.29, 1.82) is 0 Å². The lowest BCUT2D eigenvalue weighted by molar-refractivity contribution is 0.229. The second kappa shape index (κ2) is 6.90. The van der Waals surface area contributed by atoms with Crippen LogP contribution in [0.1, 0.15) is 38.9 Å². The first kappa shape index (κ1) is 13.6. The van der Waals surface area contributed by atoms with Crippen LogP contribution in [0.4, 0.5) is 0 Å². The molecule has 0 saturated carbocycles. The summed E-state index contributed by atoms with van der Waals surface area (Å²) in [4.78, 5) is 9.99. The van der Waals surface area contributed by atoms with Crippen LogP contribution in [0.3, 0.4) is 0 Å². The molecule has 0 aromatic carbocycles. The van der Waals surface area contributed by atoms with E-state index in [9.17, 15) is 0 Å². The van der Waals surface area contributed by atoms with Crippen LogP contribution in [0.15, 0.2) is 12.4 Å². The minimum atomic E-state index is 0.684. The average molecular weight is 250 g/mol. The molecule has 0 bridgehead atoms. The number of aromatic nitrogens is 2. The highest BCUT2D eigenvalue weighted by molar-refractivity contribution is 4.88. The number of aromatic amines is 1. The molecule has 1 aliphatic heterocycles. The Kier molecular flexibility index (Phi) is 5.20. The van der Waals surface area contributed by atoms with Crippen molar-refractivity contribution in [2.24, 2.45) is 0 Å². The molecule has 102 valence electrons. The van der Waals surface area contributed by atoms with Crippen molar-refractivity contribution >= 4 is 0 Å². The summed E-state index contributed by atoms with van der Waals surface area (Å²) >= 11 is 0. The Hall–Kier alpha value is -0.870. The molecule has 1 aromatic rings. The Morgan fingerprint density at radius 3 is 3.06 bits per heavy atom. The van der Waals surface area contributed by atoms with Gasteiger partial charge in [-0.3, -0.25) is 0 Å². The second-order valence-electron chi connectivity index (χ2n) is 5.50. The first-order valence-corrected chi connectivity index (χ1v) is 7.21. The monoisotopic (exact) mass is 250 g/mol. The fourth-order valence-corrected chi connectivity index (χ4v) is 2.67. The fourth-order valence-electron chi connectivity index (χ4n) is 2.67. The molecule has 4 nitrogen and oxygen atoms in total. The van der Waals surface area contributed by atoms with Crippen molar-refractivity contribution in [3.05, 3.63) is 18.2 Å². The molecule has 1 aliphatic rings. The summed E-state index contributed by atoms with van der Waals surface area (Å²) in [6, 6.07) is 1.37. The lowest BCUT2D eigenvalue weighted by Crippen LogP contribution is -2.34. The van der Waals surface area contributed by atoms with Crippen molar-refractivity contribution < 1.29 is 0 Å². The van der Waals surface area contributed by atoms with E-state index in [-0.39, 0.29) is 0 Å². The summed E-state index contributed by atoms with van der Waals surface area (Å²) in [6.45, 7) is 8.11. The molecule has 1 fully saturated rings. The number of hydrogen-bond donors (Lipinski definition) is 2. The number of hydrogen-bond acceptors (Lipinski definition) is 3. The summed E-state index contributed by atoms with van der Waals surface area (Å²) in [7, 11) is 0. The number of H-pyrrole nitrogens is 1. The number of rotatable bonds is 5. The molecule has 18 heavy (non-hydrogen) atoms. The highest BCUT2D eigenvalue weighted by Gasteiger charge is 2.17. The second-order valence-corrected chi connectivity index (χ2v) is 5.50. The standard InChI is InChI=1S/C14H26N4/c1-12(2)18-10-3-4-13(6-11-18)15-7-5-14-16-8-9-17-14/h8-9,12-13,15H,3-7,10-11H2,1-2H3,(H,16,17). The van der Waals surface area contributed by atoms with Gasteiger partial charge in [-0.2, -0.15) is 0 Å². The van der Waals surface area contributed by atoms with Crippen molar-refractivity contribution in [2.45, 2.75) is 51.6 Å². The number of nitrogens with one attached hydrogen (secondary N) is 2. The first-order valence-electron chi connectivity index (χ1n) is 7.21. The molecule has 0 radical (unpaired) electrons. The number of nitrogens with zero attached hydrogens (tertiary/aromatic N) is 2. The predicted molar refractivity (Wildman–Crippen MR) is 74.6 cm³/mol. The molecule has 1 aromatic heterocycles. The van der Waals surface area contributed by atoms with Gasteiger partial charge in [-0.05, 0) is 46.2 Å². The van der Waals surface area contributed by atoms with E-state index in [1.165, 1.54) is 32.4 Å². The van der Waals surface area contributed by atoms with Gasteiger partial charge in [0, 0.05) is 37.4 Å². The molecule has 2 rings (SSSR count). The molecular formula is C14H26N4. The first-order chi connectivity index (χ1) is 8.75. The zero-order valence-electron chi connectivity index (χ0n) is 11.7. The van der Waals surface area contributed by atoms with Crippen LogP contribution in [0.5, 0.6) is 0 Å². The smallest absolute Gasteiger partial charge is 0.107 e. The maximum Gasteiger partial charge on any atom is 0.107 e. The Morgan fingerprint density at radius 2 is 2.33 bits per heavy atom. The van der Waals surface area contributed by atoms with Crippen LogP contribution >= 0.6 is 0 Å². The average Bonchev–Trinajstić information content (AvgIpc) is 2.73. The largest absolute Gasteiger partial charge is 0.349 e. The van der Waals surface area contributed by atoms with Crippen LogP contribution < -0.4 is 5.32 Å². The Bertz CT molecular complexity index is 321. The minimum Gasteiger partial charge on any atom is -0.349 e. The quantitative estimate of drug-likeness (QED) is 0.837. The summed E-state index contributed by atoms with van der Waals surface area (Å²) in [5, 5.41) is 3.67. The molecule has 0 aliphatic carbocycles. The molecule has 2 heterocycles. The molecule has 4 heteroatoms. The summed E-state index contributed by atoms with van der Waals surface area (Å²) in [5.41, 5.74) is 0. The van der Waals surface area contributed by atoms with Gasteiger partial charge in [0.25, 0.3) is 0 Å². The maximum atomic E-state index is 4.25. The van der Waals surface area contributed by atoms with Gasteiger partial charge < -0.3 is 15.2 Å². The summed E-state index contributed by atoms with van der Waals surface area (Å²) < 4.78 is 0. The van der Waals surface area contributed by atoms with E-state index in [2.05, 4.69) is 34.0 Å². The minimum absolute atomic E-state index is 0.684. The fraction of sp³-hybridized carbons (Fsp3) is 0.786. The van der Waals surface area contributed by atoms with Gasteiger partial charge in [-0.1, -0.05) is 0 Å². The molecule has 1 saturated heterocycles. The highest BCUT2D eigenvalue weighted by Crippen LogP contribution is 2.13. The van der Waals surface area contributed by atoms with Gasteiger partial charge in [-0.15, -0.1) is 0 Å². The van der Waals surface area contributed by atoms with Crippen LogP contribution in [0, 0.1) is 0 Å². The van der Waals surface area contributed by atoms with E-state index in [0.29, 0.717) is 12.1 Å². The van der Waals surface area contributed by atoms with E-state index in [4.69, 9.17) is 0 Å². The Morgan fingerprint density at radius 1 is 1.44 bits per heavy atom. The van der Waals surface area contributed by atoms with E-state index < -0.39 is 0 Å². The van der Waals surface area contributed by atoms with Gasteiger partial charge in [0.15, 0.2) is 0 Å². The van der Waals surface area contributed by atoms with Crippen molar-refractivity contribution in [1.82, 2.24) is 20.2 Å². The normalized spacial score (nSPS) is 22.3. The highest BCUT2D eigenvalue weighted by atomic mass is 15.1. The van der Waals surface area contributed by atoms with Gasteiger partial charge in [0.2, 0.25) is 0 Å². The summed E-state index contributed by atoms with van der Waals surface area (Å²) in [5.74, 6) is 1.08. The third kappa shape index (κ3) is 4.10. The molecule has 0 amide bonds. The lowest BCUT2D eigenvalue weighted by atomic mass is 10.1. The Labute approximate surface area is 110 Å². The molecule has 1 atom stereocenters. The predicted octanol–water partition coefficient (Wildman–Crippen LogP) is 1.80. The lowest BCUT2D eigenvalue weighted by Gasteiger charge is -2.24. The van der Waals surface area contributed by atoms with E-state index in [1.807, 2.05) is 12.4 Å².